The zero-order chi connectivity index (χ0) is 23.3. The lowest BCUT2D eigenvalue weighted by Gasteiger charge is -2.11. The number of carbonyl (C=O) groups excluding carboxylic acids is 2. The van der Waals surface area contributed by atoms with E-state index in [1.54, 1.807) is 36.1 Å². The van der Waals surface area contributed by atoms with Crippen molar-refractivity contribution >= 4 is 28.5 Å². The molecule has 9 heteroatoms. The van der Waals surface area contributed by atoms with Crippen LogP contribution in [0.15, 0.2) is 24.3 Å². The van der Waals surface area contributed by atoms with Crippen molar-refractivity contribution in [3.05, 3.63) is 41.1 Å². The van der Waals surface area contributed by atoms with Crippen molar-refractivity contribution in [2.45, 2.75) is 33.6 Å². The van der Waals surface area contributed by atoms with Gasteiger partial charge in [-0.3, -0.25) is 9.59 Å². The Bertz CT molecular complexity index is 1120. The number of pyridine rings is 1. The number of fused-ring (bicyclic) bond motifs is 1. The van der Waals surface area contributed by atoms with Gasteiger partial charge in [0.15, 0.2) is 5.65 Å². The number of aryl methyl sites for hydroxylation is 3. The number of aromatic nitrogens is 3. The summed E-state index contributed by atoms with van der Waals surface area (Å²) < 4.78 is 12.4. The number of nitrogens with one attached hydrogen (secondary N) is 2. The zero-order valence-electron chi connectivity index (χ0n) is 19.1. The molecule has 0 bridgehead atoms. The molecular formula is C23H29N5O4. The number of rotatable bonds is 9. The van der Waals surface area contributed by atoms with Crippen LogP contribution in [0.4, 0.5) is 5.69 Å². The summed E-state index contributed by atoms with van der Waals surface area (Å²) in [7, 11) is 3.40. The molecule has 170 valence electrons. The van der Waals surface area contributed by atoms with Crippen LogP contribution in [0.5, 0.6) is 11.6 Å². The summed E-state index contributed by atoms with van der Waals surface area (Å²) >= 11 is 0. The smallest absolute Gasteiger partial charge is 0.243 e. The number of hydrogen-bond acceptors (Lipinski definition) is 6. The molecule has 0 saturated carbocycles. The summed E-state index contributed by atoms with van der Waals surface area (Å²) in [5, 5.41) is 10.6. The first-order valence-electron chi connectivity index (χ1n) is 10.5. The van der Waals surface area contributed by atoms with Crippen LogP contribution >= 0.6 is 0 Å². The second kappa shape index (κ2) is 10.1. The van der Waals surface area contributed by atoms with E-state index >= 15 is 0 Å². The number of methoxy groups -OCH3 is 1. The van der Waals surface area contributed by atoms with Crippen LogP contribution in [0.2, 0.25) is 0 Å². The van der Waals surface area contributed by atoms with Crippen molar-refractivity contribution in [2.24, 2.45) is 7.05 Å². The van der Waals surface area contributed by atoms with Crippen molar-refractivity contribution in [2.75, 3.05) is 25.6 Å². The van der Waals surface area contributed by atoms with E-state index < -0.39 is 0 Å². The van der Waals surface area contributed by atoms with Gasteiger partial charge < -0.3 is 20.1 Å². The van der Waals surface area contributed by atoms with Gasteiger partial charge in [-0.25, -0.2) is 9.67 Å². The number of nitrogens with zero attached hydrogens (tertiary/aromatic N) is 3. The Labute approximate surface area is 187 Å². The molecule has 0 fully saturated rings. The number of hydrogen-bond donors (Lipinski definition) is 2. The van der Waals surface area contributed by atoms with Gasteiger partial charge in [0, 0.05) is 24.8 Å². The lowest BCUT2D eigenvalue weighted by Crippen LogP contribution is -2.33. The average Bonchev–Trinajstić information content (AvgIpc) is 3.09. The zero-order valence-corrected chi connectivity index (χ0v) is 19.1. The monoisotopic (exact) mass is 439 g/mol. The van der Waals surface area contributed by atoms with E-state index in [4.69, 9.17) is 9.47 Å². The fourth-order valence-corrected chi connectivity index (χ4v) is 3.62. The van der Waals surface area contributed by atoms with E-state index in [1.165, 1.54) is 0 Å². The predicted octanol–water partition coefficient (Wildman–Crippen LogP) is 2.68. The number of carbonyl (C=O) groups is 2. The number of benzene rings is 1. The highest BCUT2D eigenvalue weighted by atomic mass is 16.5. The Balaban J connectivity index is 1.55. The first-order valence-corrected chi connectivity index (χ1v) is 10.5. The van der Waals surface area contributed by atoms with Crippen molar-refractivity contribution < 1.29 is 19.1 Å². The maximum absolute atomic E-state index is 12.3. The van der Waals surface area contributed by atoms with Gasteiger partial charge in [-0.1, -0.05) is 0 Å². The van der Waals surface area contributed by atoms with E-state index in [-0.39, 0.29) is 24.8 Å². The van der Waals surface area contributed by atoms with Gasteiger partial charge >= 0.3 is 0 Å². The van der Waals surface area contributed by atoms with Crippen molar-refractivity contribution in [1.82, 2.24) is 20.1 Å². The second-order valence-electron chi connectivity index (χ2n) is 7.41. The van der Waals surface area contributed by atoms with Gasteiger partial charge in [0.25, 0.3) is 0 Å². The molecule has 0 aliphatic carbocycles. The maximum Gasteiger partial charge on any atom is 0.243 e. The molecule has 0 aliphatic heterocycles. The molecule has 2 amide bonds. The molecule has 0 aliphatic rings. The fraction of sp³-hybridized carbons (Fsp3) is 0.391. The fourth-order valence-electron chi connectivity index (χ4n) is 3.62. The molecule has 0 spiro atoms. The lowest BCUT2D eigenvalue weighted by molar-refractivity contribution is -0.124. The molecule has 2 aromatic heterocycles. The van der Waals surface area contributed by atoms with Gasteiger partial charge in [0.2, 0.25) is 17.7 Å². The number of anilines is 1. The van der Waals surface area contributed by atoms with E-state index in [0.29, 0.717) is 24.6 Å². The van der Waals surface area contributed by atoms with Crippen LogP contribution in [-0.2, 0) is 23.1 Å². The Kier molecular flexibility index (Phi) is 7.29. The Hall–Kier alpha value is -3.62. The molecule has 0 radical (unpaired) electrons. The Morgan fingerprint density at radius 1 is 1.12 bits per heavy atom. The minimum Gasteiger partial charge on any atom is -0.494 e. The van der Waals surface area contributed by atoms with Crippen LogP contribution in [0.3, 0.4) is 0 Å². The van der Waals surface area contributed by atoms with Gasteiger partial charge in [-0.15, -0.1) is 5.10 Å². The Morgan fingerprint density at radius 3 is 2.50 bits per heavy atom. The molecule has 3 rings (SSSR count). The molecule has 3 aromatic rings. The summed E-state index contributed by atoms with van der Waals surface area (Å²) in [6.45, 7) is 6.29. The molecule has 0 atom stereocenters. The highest BCUT2D eigenvalue weighted by molar-refractivity contribution is 5.94. The third-order valence-corrected chi connectivity index (χ3v) is 5.21. The van der Waals surface area contributed by atoms with Crippen LogP contribution in [0.25, 0.3) is 11.0 Å². The van der Waals surface area contributed by atoms with Crippen molar-refractivity contribution in [3.63, 3.8) is 0 Å². The molecule has 0 unspecified atom stereocenters. The van der Waals surface area contributed by atoms with Gasteiger partial charge in [-0.2, -0.15) is 0 Å². The lowest BCUT2D eigenvalue weighted by atomic mass is 10.00. The van der Waals surface area contributed by atoms with Crippen LogP contribution in [0.1, 0.15) is 30.2 Å². The highest BCUT2D eigenvalue weighted by Gasteiger charge is 2.18. The SMILES string of the molecule is CCOc1ccc(NC(=O)CNC(=O)CCc2c(C)nc3c(c(OC)nn3C)c2C)cc1. The van der Waals surface area contributed by atoms with Gasteiger partial charge in [-0.05, 0) is 62.6 Å². The van der Waals surface area contributed by atoms with E-state index in [9.17, 15) is 9.59 Å². The largest absolute Gasteiger partial charge is 0.494 e. The topological polar surface area (TPSA) is 107 Å². The normalized spacial score (nSPS) is 10.8. The highest BCUT2D eigenvalue weighted by Crippen LogP contribution is 2.30. The van der Waals surface area contributed by atoms with E-state index in [2.05, 4.69) is 20.7 Å². The van der Waals surface area contributed by atoms with Crippen molar-refractivity contribution in [1.29, 1.82) is 0 Å². The number of amides is 2. The summed E-state index contributed by atoms with van der Waals surface area (Å²) in [6, 6.07) is 7.08. The Morgan fingerprint density at radius 2 is 1.84 bits per heavy atom. The predicted molar refractivity (Wildman–Crippen MR) is 122 cm³/mol. The van der Waals surface area contributed by atoms with E-state index in [1.807, 2.05) is 27.8 Å². The maximum atomic E-state index is 12.3. The third-order valence-electron chi connectivity index (χ3n) is 5.21. The second-order valence-corrected chi connectivity index (χ2v) is 7.41. The quantitative estimate of drug-likeness (QED) is 0.531. The first kappa shape index (κ1) is 23.1. The standard InChI is InChI=1S/C23H29N5O4/c1-6-32-17-9-7-16(8-10-17)26-20(30)13-24-19(29)12-11-18-14(2)21-22(25-15(18)3)28(4)27-23(21)31-5/h7-10H,6,11-13H2,1-5H3,(H,24,29)(H,26,30). The summed E-state index contributed by atoms with van der Waals surface area (Å²) in [6.07, 6.45) is 0.749. The first-order chi connectivity index (χ1) is 15.3. The molecular weight excluding hydrogens is 410 g/mol. The molecule has 2 heterocycles. The summed E-state index contributed by atoms with van der Waals surface area (Å²) in [4.78, 5) is 29.1. The molecule has 1 aromatic carbocycles. The molecule has 2 N–H and O–H groups in total. The van der Waals surface area contributed by atoms with Gasteiger partial charge in [0.05, 0.1) is 25.6 Å². The molecule has 32 heavy (non-hydrogen) atoms. The van der Waals surface area contributed by atoms with Gasteiger partial charge in [0.1, 0.15) is 5.75 Å². The van der Waals surface area contributed by atoms with Crippen LogP contribution < -0.4 is 20.1 Å². The minimum absolute atomic E-state index is 0.0995. The molecule has 0 saturated heterocycles. The van der Waals surface area contributed by atoms with E-state index in [0.717, 1.165) is 33.6 Å². The average molecular weight is 440 g/mol. The molecule has 9 nitrogen and oxygen atoms in total. The third kappa shape index (κ3) is 5.16. The summed E-state index contributed by atoms with van der Waals surface area (Å²) in [5.41, 5.74) is 4.22. The van der Waals surface area contributed by atoms with Crippen LogP contribution in [0, 0.1) is 13.8 Å². The summed E-state index contributed by atoms with van der Waals surface area (Å²) in [5.74, 6) is 0.757. The minimum atomic E-state index is -0.293. The van der Waals surface area contributed by atoms with Crippen LogP contribution in [-0.4, -0.2) is 46.8 Å². The van der Waals surface area contributed by atoms with Crippen molar-refractivity contribution in [3.8, 4) is 11.6 Å². The number of ether oxygens (including phenoxy) is 2.